The molecule has 1 saturated carbocycles. The van der Waals surface area contributed by atoms with Gasteiger partial charge in [0.1, 0.15) is 5.82 Å². The van der Waals surface area contributed by atoms with E-state index in [4.69, 9.17) is 0 Å². The Morgan fingerprint density at radius 3 is 2.47 bits per heavy atom. The van der Waals surface area contributed by atoms with Crippen LogP contribution in [0.25, 0.3) is 0 Å². The number of hydrogen-bond acceptors (Lipinski definition) is 4. The van der Waals surface area contributed by atoms with Crippen molar-refractivity contribution < 1.29 is 18.8 Å². The van der Waals surface area contributed by atoms with Crippen molar-refractivity contribution in [1.29, 1.82) is 0 Å². The molecular formula is C25H28FN3O3. The third kappa shape index (κ3) is 4.30. The maximum absolute atomic E-state index is 13.6. The van der Waals surface area contributed by atoms with E-state index in [9.17, 15) is 18.8 Å². The summed E-state index contributed by atoms with van der Waals surface area (Å²) in [6.07, 6.45) is 4.84. The second kappa shape index (κ2) is 9.20. The summed E-state index contributed by atoms with van der Waals surface area (Å²) < 4.78 is 13.6. The van der Waals surface area contributed by atoms with Crippen molar-refractivity contribution in [1.82, 2.24) is 15.1 Å². The second-order valence-corrected chi connectivity index (χ2v) is 8.78. The van der Waals surface area contributed by atoms with E-state index in [1.54, 1.807) is 18.2 Å². The molecule has 0 saturated heterocycles. The number of carbonyl (C=O) groups excluding carboxylic acids is 3. The average Bonchev–Trinajstić information content (AvgIpc) is 3.03. The molecule has 0 aromatic heterocycles. The first-order valence-corrected chi connectivity index (χ1v) is 11.1. The monoisotopic (exact) mass is 437 g/mol. The van der Waals surface area contributed by atoms with E-state index in [-0.39, 0.29) is 42.2 Å². The van der Waals surface area contributed by atoms with Gasteiger partial charge in [-0.25, -0.2) is 4.39 Å². The van der Waals surface area contributed by atoms with Crippen molar-refractivity contribution in [2.24, 2.45) is 0 Å². The summed E-state index contributed by atoms with van der Waals surface area (Å²) in [5.74, 6) is -1.24. The van der Waals surface area contributed by atoms with Crippen LogP contribution in [0.5, 0.6) is 0 Å². The van der Waals surface area contributed by atoms with E-state index in [0.717, 1.165) is 37.7 Å². The van der Waals surface area contributed by atoms with Crippen LogP contribution in [0.1, 0.15) is 74.8 Å². The number of amides is 3. The van der Waals surface area contributed by atoms with Gasteiger partial charge < -0.3 is 10.2 Å². The molecule has 168 valence electrons. The predicted molar refractivity (Wildman–Crippen MR) is 119 cm³/mol. The predicted octanol–water partition coefficient (Wildman–Crippen LogP) is 3.79. The molecular weight excluding hydrogens is 409 g/mol. The zero-order valence-electron chi connectivity index (χ0n) is 18.4. The largest absolute Gasteiger partial charge is 0.350 e. The molecule has 1 aliphatic carbocycles. The zero-order chi connectivity index (χ0) is 22.8. The molecule has 3 amide bonds. The van der Waals surface area contributed by atoms with Crippen LogP contribution < -0.4 is 5.32 Å². The summed E-state index contributed by atoms with van der Waals surface area (Å²) in [5.41, 5.74) is 1.74. The Balaban J connectivity index is 1.48. The van der Waals surface area contributed by atoms with Gasteiger partial charge in [0.15, 0.2) is 0 Å². The lowest BCUT2D eigenvalue weighted by molar-refractivity contribution is 0.0548. The van der Waals surface area contributed by atoms with Gasteiger partial charge in [-0.15, -0.1) is 0 Å². The van der Waals surface area contributed by atoms with E-state index < -0.39 is 0 Å². The number of rotatable bonds is 6. The molecule has 1 fully saturated rings. The van der Waals surface area contributed by atoms with E-state index >= 15 is 0 Å². The topological polar surface area (TPSA) is 69.7 Å². The Hall–Kier alpha value is -3.06. The highest BCUT2D eigenvalue weighted by atomic mass is 19.1. The normalized spacial score (nSPS) is 17.6. The van der Waals surface area contributed by atoms with Gasteiger partial charge in [0.25, 0.3) is 17.7 Å². The Bertz CT molecular complexity index is 1050. The minimum absolute atomic E-state index is 0.0551. The van der Waals surface area contributed by atoms with Gasteiger partial charge >= 0.3 is 0 Å². The molecule has 1 N–H and O–H groups in total. The maximum atomic E-state index is 13.6. The summed E-state index contributed by atoms with van der Waals surface area (Å²) in [6.45, 7) is 0.271. The number of benzene rings is 2. The van der Waals surface area contributed by atoms with Crippen molar-refractivity contribution in [2.75, 3.05) is 20.6 Å². The quantitative estimate of drug-likeness (QED) is 0.699. The fourth-order valence-corrected chi connectivity index (χ4v) is 4.68. The Morgan fingerprint density at radius 1 is 1.06 bits per heavy atom. The van der Waals surface area contributed by atoms with E-state index in [2.05, 4.69) is 5.32 Å². The van der Waals surface area contributed by atoms with Crippen LogP contribution in [-0.2, 0) is 0 Å². The minimum Gasteiger partial charge on any atom is -0.350 e. The van der Waals surface area contributed by atoms with Crippen LogP contribution in [0.4, 0.5) is 4.39 Å². The van der Waals surface area contributed by atoms with Gasteiger partial charge in [-0.05, 0) is 62.8 Å². The molecule has 1 aliphatic heterocycles. The highest BCUT2D eigenvalue weighted by Gasteiger charge is 2.40. The first-order chi connectivity index (χ1) is 15.4. The summed E-state index contributed by atoms with van der Waals surface area (Å²) in [5, 5.41) is 2.88. The fraction of sp³-hybridized carbons (Fsp3) is 0.400. The lowest BCUT2D eigenvalue weighted by Gasteiger charge is -2.29. The summed E-state index contributed by atoms with van der Waals surface area (Å²) in [7, 11) is 3.72. The Labute approximate surface area is 187 Å². The van der Waals surface area contributed by atoms with Crippen LogP contribution in [0.2, 0.25) is 0 Å². The summed E-state index contributed by atoms with van der Waals surface area (Å²) >= 11 is 0. The highest BCUT2D eigenvalue weighted by Crippen LogP contribution is 2.31. The van der Waals surface area contributed by atoms with Gasteiger partial charge in [0, 0.05) is 18.2 Å². The van der Waals surface area contributed by atoms with Crippen LogP contribution in [0.15, 0.2) is 42.5 Å². The number of imide groups is 1. The lowest BCUT2D eigenvalue weighted by atomic mass is 9.94. The molecule has 2 aromatic carbocycles. The van der Waals surface area contributed by atoms with Crippen molar-refractivity contribution >= 4 is 17.7 Å². The molecule has 1 heterocycles. The van der Waals surface area contributed by atoms with Gasteiger partial charge in [-0.2, -0.15) is 0 Å². The third-order valence-corrected chi connectivity index (χ3v) is 6.43. The number of nitrogens with zero attached hydrogens (tertiary/aromatic N) is 2. The van der Waals surface area contributed by atoms with Crippen LogP contribution in [0.3, 0.4) is 0 Å². The van der Waals surface area contributed by atoms with Crippen molar-refractivity contribution in [3.63, 3.8) is 0 Å². The first-order valence-electron chi connectivity index (χ1n) is 11.1. The van der Waals surface area contributed by atoms with E-state index in [0.29, 0.717) is 16.7 Å². The van der Waals surface area contributed by atoms with Crippen LogP contribution in [-0.4, -0.2) is 54.2 Å². The SMILES string of the molecule is CN(C)C(CNC(=O)c1ccc2c(c1)C(=O)N(C1CCCCC1)C2=O)c1cccc(F)c1. The molecule has 4 rings (SSSR count). The van der Waals surface area contributed by atoms with Crippen molar-refractivity contribution in [3.05, 3.63) is 70.5 Å². The van der Waals surface area contributed by atoms with Gasteiger partial charge in [-0.1, -0.05) is 31.4 Å². The Morgan fingerprint density at radius 2 is 1.78 bits per heavy atom. The molecule has 1 atom stereocenters. The number of nitrogens with one attached hydrogen (secondary N) is 1. The highest BCUT2D eigenvalue weighted by molar-refractivity contribution is 6.22. The second-order valence-electron chi connectivity index (χ2n) is 8.78. The summed E-state index contributed by atoms with van der Waals surface area (Å²) in [4.78, 5) is 41.9. The Kier molecular flexibility index (Phi) is 6.37. The molecule has 0 radical (unpaired) electrons. The van der Waals surface area contributed by atoms with Gasteiger partial charge in [-0.3, -0.25) is 19.3 Å². The molecule has 0 bridgehead atoms. The molecule has 2 aliphatic rings. The number of fused-ring (bicyclic) bond motifs is 1. The number of carbonyl (C=O) groups is 3. The molecule has 32 heavy (non-hydrogen) atoms. The molecule has 1 unspecified atom stereocenters. The average molecular weight is 438 g/mol. The van der Waals surface area contributed by atoms with E-state index in [1.807, 2.05) is 25.1 Å². The fourth-order valence-electron chi connectivity index (χ4n) is 4.68. The summed E-state index contributed by atoms with van der Waals surface area (Å²) in [6, 6.07) is 10.7. The zero-order valence-corrected chi connectivity index (χ0v) is 18.4. The first kappa shape index (κ1) is 22.1. The maximum Gasteiger partial charge on any atom is 0.261 e. The van der Waals surface area contributed by atoms with Crippen molar-refractivity contribution in [3.8, 4) is 0 Å². The molecule has 6 nitrogen and oxygen atoms in total. The molecule has 2 aromatic rings. The smallest absolute Gasteiger partial charge is 0.261 e. The number of halogens is 1. The third-order valence-electron chi connectivity index (χ3n) is 6.43. The van der Waals surface area contributed by atoms with E-state index in [1.165, 1.54) is 23.1 Å². The standard InChI is InChI=1S/C25H28FN3O3/c1-28(2)22(16-7-6-8-18(26)13-16)15-27-23(30)17-11-12-20-21(14-17)25(32)29(24(20)31)19-9-4-3-5-10-19/h6-8,11-14,19,22H,3-5,9-10,15H2,1-2H3,(H,27,30). The van der Waals surface area contributed by atoms with Gasteiger partial charge in [0.05, 0.1) is 17.2 Å². The lowest BCUT2D eigenvalue weighted by Crippen LogP contribution is -2.40. The minimum atomic E-state index is -0.340. The van der Waals surface area contributed by atoms with Gasteiger partial charge in [0.2, 0.25) is 0 Å². The molecule has 7 heteroatoms. The van der Waals surface area contributed by atoms with Crippen LogP contribution in [0, 0.1) is 5.82 Å². The number of hydrogen-bond donors (Lipinski definition) is 1. The van der Waals surface area contributed by atoms with Crippen molar-refractivity contribution in [2.45, 2.75) is 44.2 Å². The van der Waals surface area contributed by atoms with Crippen LogP contribution >= 0.6 is 0 Å². The molecule has 0 spiro atoms. The number of likely N-dealkylation sites (N-methyl/N-ethyl adjacent to an activating group) is 1.